The molecule has 0 saturated carbocycles. The van der Waals surface area contributed by atoms with Crippen LogP contribution in [0.3, 0.4) is 0 Å². The Morgan fingerprint density at radius 2 is 1.94 bits per heavy atom. The van der Waals surface area contributed by atoms with Crippen LogP contribution in [0.4, 0.5) is 0 Å². The van der Waals surface area contributed by atoms with Crippen LogP contribution in [-0.4, -0.2) is 50.8 Å². The van der Waals surface area contributed by atoms with Crippen LogP contribution in [0.25, 0.3) is 0 Å². The smallest absolute Gasteiger partial charge is 0.0474 e. The lowest BCUT2D eigenvalue weighted by Gasteiger charge is -2.38. The molecule has 0 aromatic heterocycles. The molecule has 0 aromatic carbocycles. The minimum absolute atomic E-state index is 0.853. The Balaban J connectivity index is 1.88. The van der Waals surface area contributed by atoms with Crippen molar-refractivity contribution < 1.29 is 4.74 Å². The van der Waals surface area contributed by atoms with Crippen LogP contribution >= 0.6 is 0 Å². The Morgan fingerprint density at radius 1 is 1.11 bits per heavy atom. The minimum atomic E-state index is 0.853. The molecule has 0 aromatic rings. The Kier molecular flexibility index (Phi) is 6.46. The quantitative estimate of drug-likeness (QED) is 0.762. The van der Waals surface area contributed by atoms with Crippen molar-refractivity contribution in [2.24, 2.45) is 5.92 Å². The van der Waals surface area contributed by atoms with Gasteiger partial charge in [0, 0.05) is 26.3 Å². The first-order valence-electron chi connectivity index (χ1n) is 7.85. The minimum Gasteiger partial charge on any atom is -0.385 e. The average Bonchev–Trinajstić information content (AvgIpc) is 2.66. The van der Waals surface area contributed by atoms with Crippen molar-refractivity contribution in [2.45, 2.75) is 51.0 Å². The summed E-state index contributed by atoms with van der Waals surface area (Å²) < 4.78 is 5.21. The molecule has 1 N–H and O–H groups in total. The van der Waals surface area contributed by atoms with Gasteiger partial charge in [0.05, 0.1) is 0 Å². The second-order valence-corrected chi connectivity index (χ2v) is 5.89. The fourth-order valence-corrected chi connectivity index (χ4v) is 3.65. The molecule has 1 atom stereocenters. The van der Waals surface area contributed by atoms with Gasteiger partial charge < -0.3 is 15.0 Å². The normalized spacial score (nSPS) is 28.2. The van der Waals surface area contributed by atoms with Gasteiger partial charge in [0.15, 0.2) is 0 Å². The number of rotatable bonds is 5. The van der Waals surface area contributed by atoms with E-state index in [1.807, 2.05) is 7.11 Å². The van der Waals surface area contributed by atoms with Crippen molar-refractivity contribution in [3.05, 3.63) is 0 Å². The van der Waals surface area contributed by atoms with Gasteiger partial charge in [-0.3, -0.25) is 0 Å². The molecule has 0 amide bonds. The van der Waals surface area contributed by atoms with Crippen LogP contribution in [-0.2, 0) is 4.74 Å². The molecule has 2 fully saturated rings. The van der Waals surface area contributed by atoms with Gasteiger partial charge in [-0.15, -0.1) is 0 Å². The predicted octanol–water partition coefficient (Wildman–Crippen LogP) is 2.27. The van der Waals surface area contributed by atoms with Crippen LogP contribution in [0, 0.1) is 5.92 Å². The molecular formula is C15H30N2O. The van der Waals surface area contributed by atoms with Gasteiger partial charge in [-0.2, -0.15) is 0 Å². The van der Waals surface area contributed by atoms with Crippen LogP contribution in [0.5, 0.6) is 0 Å². The monoisotopic (exact) mass is 254 g/mol. The molecule has 2 aliphatic rings. The molecule has 0 radical (unpaired) electrons. The fourth-order valence-electron chi connectivity index (χ4n) is 3.65. The van der Waals surface area contributed by atoms with E-state index >= 15 is 0 Å². The lowest BCUT2D eigenvalue weighted by Crippen LogP contribution is -2.44. The summed E-state index contributed by atoms with van der Waals surface area (Å²) in [5, 5.41) is 3.50. The second-order valence-electron chi connectivity index (χ2n) is 5.89. The van der Waals surface area contributed by atoms with E-state index in [1.54, 1.807) is 0 Å². The number of hydrogen-bond acceptors (Lipinski definition) is 3. The lowest BCUT2D eigenvalue weighted by atomic mass is 9.87. The van der Waals surface area contributed by atoms with Crippen LogP contribution in [0.15, 0.2) is 0 Å². The van der Waals surface area contributed by atoms with E-state index in [4.69, 9.17) is 4.74 Å². The lowest BCUT2D eigenvalue weighted by molar-refractivity contribution is 0.105. The SMILES string of the molecule is COCCCN1CCCCCC1C1CCNCC1. The first-order valence-corrected chi connectivity index (χ1v) is 7.85. The number of likely N-dealkylation sites (tertiary alicyclic amines) is 1. The van der Waals surface area contributed by atoms with Crippen molar-refractivity contribution in [3.8, 4) is 0 Å². The standard InChI is InChI=1S/C15H30N2O/c1-18-13-5-12-17-11-4-2-3-6-15(17)14-7-9-16-10-8-14/h14-16H,2-13H2,1H3. The zero-order valence-electron chi connectivity index (χ0n) is 12.0. The highest BCUT2D eigenvalue weighted by Crippen LogP contribution is 2.28. The maximum atomic E-state index is 5.21. The summed E-state index contributed by atoms with van der Waals surface area (Å²) in [5.74, 6) is 0.937. The van der Waals surface area contributed by atoms with Crippen molar-refractivity contribution in [1.29, 1.82) is 0 Å². The highest BCUT2D eigenvalue weighted by Gasteiger charge is 2.29. The van der Waals surface area contributed by atoms with E-state index in [1.165, 1.54) is 71.1 Å². The number of nitrogens with one attached hydrogen (secondary N) is 1. The highest BCUT2D eigenvalue weighted by molar-refractivity contribution is 4.84. The molecule has 0 bridgehead atoms. The van der Waals surface area contributed by atoms with Crippen LogP contribution < -0.4 is 5.32 Å². The average molecular weight is 254 g/mol. The zero-order chi connectivity index (χ0) is 12.6. The fraction of sp³-hybridized carbons (Fsp3) is 1.00. The summed E-state index contributed by atoms with van der Waals surface area (Å²) in [4.78, 5) is 2.78. The third-order valence-electron chi connectivity index (χ3n) is 4.64. The first-order chi connectivity index (χ1) is 8.92. The summed E-state index contributed by atoms with van der Waals surface area (Å²) in [6.45, 7) is 5.93. The Morgan fingerprint density at radius 3 is 2.72 bits per heavy atom. The summed E-state index contributed by atoms with van der Waals surface area (Å²) in [6.07, 6.45) is 9.65. The number of nitrogens with zero attached hydrogens (tertiary/aromatic N) is 1. The van der Waals surface area contributed by atoms with Crippen molar-refractivity contribution in [3.63, 3.8) is 0 Å². The first kappa shape index (κ1) is 14.3. The summed E-state index contributed by atoms with van der Waals surface area (Å²) in [5.41, 5.74) is 0. The second kappa shape index (κ2) is 8.13. The summed E-state index contributed by atoms with van der Waals surface area (Å²) in [6, 6.07) is 0.853. The maximum absolute atomic E-state index is 5.21. The van der Waals surface area contributed by atoms with E-state index in [9.17, 15) is 0 Å². The molecule has 0 aliphatic carbocycles. The summed E-state index contributed by atoms with van der Waals surface area (Å²) >= 11 is 0. The largest absolute Gasteiger partial charge is 0.385 e. The Labute approximate surface area is 112 Å². The Bertz CT molecular complexity index is 217. The van der Waals surface area contributed by atoms with Gasteiger partial charge >= 0.3 is 0 Å². The van der Waals surface area contributed by atoms with Crippen molar-refractivity contribution in [2.75, 3.05) is 39.9 Å². The number of hydrogen-bond donors (Lipinski definition) is 1. The van der Waals surface area contributed by atoms with Crippen molar-refractivity contribution in [1.82, 2.24) is 10.2 Å². The number of ether oxygens (including phenoxy) is 1. The number of piperidine rings is 1. The van der Waals surface area contributed by atoms with E-state index in [0.29, 0.717) is 0 Å². The van der Waals surface area contributed by atoms with Gasteiger partial charge in [0.1, 0.15) is 0 Å². The Hall–Kier alpha value is -0.120. The molecule has 3 nitrogen and oxygen atoms in total. The molecule has 106 valence electrons. The van der Waals surface area contributed by atoms with Gasteiger partial charge in [-0.1, -0.05) is 12.8 Å². The molecule has 2 aliphatic heterocycles. The van der Waals surface area contributed by atoms with E-state index in [0.717, 1.165) is 18.6 Å². The van der Waals surface area contributed by atoms with Crippen LogP contribution in [0.1, 0.15) is 44.9 Å². The van der Waals surface area contributed by atoms with Gasteiger partial charge in [0.2, 0.25) is 0 Å². The van der Waals surface area contributed by atoms with E-state index in [-0.39, 0.29) is 0 Å². The molecule has 2 heterocycles. The van der Waals surface area contributed by atoms with E-state index < -0.39 is 0 Å². The van der Waals surface area contributed by atoms with Crippen molar-refractivity contribution >= 4 is 0 Å². The van der Waals surface area contributed by atoms with Gasteiger partial charge in [-0.05, 0) is 57.7 Å². The third kappa shape index (κ3) is 4.22. The van der Waals surface area contributed by atoms with Gasteiger partial charge in [-0.25, -0.2) is 0 Å². The molecule has 0 spiro atoms. The molecular weight excluding hydrogens is 224 g/mol. The molecule has 18 heavy (non-hydrogen) atoms. The van der Waals surface area contributed by atoms with E-state index in [2.05, 4.69) is 10.2 Å². The molecule has 2 rings (SSSR count). The topological polar surface area (TPSA) is 24.5 Å². The number of methoxy groups -OCH3 is 1. The highest BCUT2D eigenvalue weighted by atomic mass is 16.5. The maximum Gasteiger partial charge on any atom is 0.0474 e. The summed E-state index contributed by atoms with van der Waals surface area (Å²) in [7, 11) is 1.81. The van der Waals surface area contributed by atoms with Gasteiger partial charge in [0.25, 0.3) is 0 Å². The third-order valence-corrected chi connectivity index (χ3v) is 4.64. The molecule has 1 unspecified atom stereocenters. The predicted molar refractivity (Wildman–Crippen MR) is 75.9 cm³/mol. The van der Waals surface area contributed by atoms with Crippen LogP contribution in [0.2, 0.25) is 0 Å². The molecule has 3 heteroatoms. The molecule has 2 saturated heterocycles. The zero-order valence-corrected chi connectivity index (χ0v) is 12.0.